The number of benzene rings is 2. The van der Waals surface area contributed by atoms with Gasteiger partial charge < -0.3 is 9.73 Å². The smallest absolute Gasteiger partial charge is 0.408 e. The molecule has 0 aliphatic rings. The third kappa shape index (κ3) is 2.79. The molecule has 0 aliphatic carbocycles. The molecule has 0 saturated heterocycles. The maximum Gasteiger partial charge on any atom is 0.420 e. The predicted octanol–water partition coefficient (Wildman–Crippen LogP) is 2.85. The lowest BCUT2D eigenvalue weighted by Crippen LogP contribution is -2.24. The minimum atomic E-state index is -0.531. The molecular formula is C17H16N2O3. The molecule has 1 N–H and O–H groups in total. The van der Waals surface area contributed by atoms with Gasteiger partial charge in [-0.05, 0) is 49.2 Å². The number of nitrogens with zero attached hydrogens (tertiary/aromatic N) is 1. The highest BCUT2D eigenvalue weighted by Gasteiger charge is 2.12. The van der Waals surface area contributed by atoms with Crippen molar-refractivity contribution < 1.29 is 9.21 Å². The molecule has 0 aliphatic heterocycles. The summed E-state index contributed by atoms with van der Waals surface area (Å²) >= 11 is 0. The third-order valence-corrected chi connectivity index (χ3v) is 3.38. The van der Waals surface area contributed by atoms with Crippen LogP contribution >= 0.6 is 0 Å². The molecule has 112 valence electrons. The molecule has 22 heavy (non-hydrogen) atoms. The number of hydrogen-bond acceptors (Lipinski definition) is 3. The number of aromatic nitrogens is 1. The summed E-state index contributed by atoms with van der Waals surface area (Å²) < 4.78 is 6.44. The summed E-state index contributed by atoms with van der Waals surface area (Å²) in [5, 5.41) is 2.81. The lowest BCUT2D eigenvalue weighted by molar-refractivity contribution is -0.116. The molecule has 1 aromatic heterocycles. The average molecular weight is 296 g/mol. The van der Waals surface area contributed by atoms with Crippen LogP contribution in [0.1, 0.15) is 11.1 Å². The van der Waals surface area contributed by atoms with Crippen molar-refractivity contribution in [3.05, 3.63) is 64.1 Å². The van der Waals surface area contributed by atoms with Crippen molar-refractivity contribution in [2.24, 2.45) is 0 Å². The van der Waals surface area contributed by atoms with Gasteiger partial charge in [0.1, 0.15) is 6.54 Å². The number of hydrogen-bond donors (Lipinski definition) is 1. The van der Waals surface area contributed by atoms with Crippen molar-refractivity contribution in [3.8, 4) is 0 Å². The first-order chi connectivity index (χ1) is 10.5. The summed E-state index contributed by atoms with van der Waals surface area (Å²) in [5.74, 6) is -0.796. The van der Waals surface area contributed by atoms with E-state index in [9.17, 15) is 9.59 Å². The molecule has 0 bridgehead atoms. The maximum absolute atomic E-state index is 12.2. The fraction of sp³-hybridized carbons (Fsp3) is 0.176. The Bertz CT molecular complexity index is 885. The van der Waals surface area contributed by atoms with Crippen LogP contribution in [0.4, 0.5) is 5.69 Å². The van der Waals surface area contributed by atoms with Crippen LogP contribution in [0.5, 0.6) is 0 Å². The van der Waals surface area contributed by atoms with Crippen molar-refractivity contribution in [2.45, 2.75) is 20.4 Å². The van der Waals surface area contributed by atoms with Crippen LogP contribution in [0.25, 0.3) is 11.1 Å². The molecule has 1 heterocycles. The summed E-state index contributed by atoms with van der Waals surface area (Å²) in [6, 6.07) is 12.9. The quantitative estimate of drug-likeness (QED) is 0.808. The van der Waals surface area contributed by atoms with Crippen LogP contribution in [0, 0.1) is 13.8 Å². The van der Waals surface area contributed by atoms with Gasteiger partial charge in [0, 0.05) is 5.69 Å². The van der Waals surface area contributed by atoms with Gasteiger partial charge in [0.05, 0.1) is 5.52 Å². The molecule has 0 saturated carbocycles. The van der Waals surface area contributed by atoms with Crippen LogP contribution in [-0.2, 0) is 11.3 Å². The normalized spacial score (nSPS) is 10.8. The second kappa shape index (κ2) is 5.52. The van der Waals surface area contributed by atoms with Crippen molar-refractivity contribution in [1.82, 2.24) is 4.57 Å². The van der Waals surface area contributed by atoms with Gasteiger partial charge in [0.2, 0.25) is 5.91 Å². The minimum absolute atomic E-state index is 0.0805. The number of carbonyl (C=O) groups is 1. The second-order valence-corrected chi connectivity index (χ2v) is 5.35. The number of oxazole rings is 1. The van der Waals surface area contributed by atoms with E-state index in [1.807, 2.05) is 32.0 Å². The van der Waals surface area contributed by atoms with Crippen LogP contribution < -0.4 is 11.1 Å². The van der Waals surface area contributed by atoms with E-state index in [1.54, 1.807) is 24.3 Å². The van der Waals surface area contributed by atoms with Gasteiger partial charge in [-0.3, -0.25) is 9.36 Å². The zero-order valence-electron chi connectivity index (χ0n) is 12.4. The Morgan fingerprint density at radius 1 is 1.14 bits per heavy atom. The predicted molar refractivity (Wildman–Crippen MR) is 85.0 cm³/mol. The number of aryl methyl sites for hydroxylation is 2. The number of nitrogens with one attached hydrogen (secondary N) is 1. The van der Waals surface area contributed by atoms with Crippen LogP contribution in [0.3, 0.4) is 0 Å². The van der Waals surface area contributed by atoms with E-state index < -0.39 is 5.76 Å². The van der Waals surface area contributed by atoms with E-state index in [1.165, 1.54) is 4.57 Å². The highest BCUT2D eigenvalue weighted by atomic mass is 16.4. The Hall–Kier alpha value is -2.82. The largest absolute Gasteiger partial charge is 0.420 e. The summed E-state index contributed by atoms with van der Waals surface area (Å²) in [5.41, 5.74) is 3.96. The molecule has 0 radical (unpaired) electrons. The van der Waals surface area contributed by atoms with Crippen molar-refractivity contribution in [3.63, 3.8) is 0 Å². The topological polar surface area (TPSA) is 64.2 Å². The first-order valence-corrected chi connectivity index (χ1v) is 6.99. The molecule has 0 fully saturated rings. The standard InChI is InChI=1S/C17H16N2O3/c1-11-7-12(2)9-13(8-11)18-16(20)10-19-14-5-3-4-6-15(14)22-17(19)21/h3-9H,10H2,1-2H3,(H,18,20). The molecule has 3 aromatic rings. The SMILES string of the molecule is Cc1cc(C)cc(NC(=O)Cn2c(=O)oc3ccccc32)c1. The highest BCUT2D eigenvalue weighted by molar-refractivity contribution is 5.91. The van der Waals surface area contributed by atoms with Crippen LogP contribution in [0.15, 0.2) is 51.7 Å². The maximum atomic E-state index is 12.2. The Balaban J connectivity index is 1.84. The summed E-state index contributed by atoms with van der Waals surface area (Å²) in [4.78, 5) is 24.0. The van der Waals surface area contributed by atoms with Gasteiger partial charge in [0.15, 0.2) is 5.58 Å². The molecule has 5 nitrogen and oxygen atoms in total. The lowest BCUT2D eigenvalue weighted by atomic mass is 10.1. The van der Waals surface area contributed by atoms with E-state index in [-0.39, 0.29) is 12.5 Å². The summed E-state index contributed by atoms with van der Waals surface area (Å²) in [6.07, 6.45) is 0. The van der Waals surface area contributed by atoms with Gasteiger partial charge in [-0.25, -0.2) is 4.79 Å². The third-order valence-electron chi connectivity index (χ3n) is 3.38. The zero-order valence-corrected chi connectivity index (χ0v) is 12.4. The van der Waals surface area contributed by atoms with Crippen LogP contribution in [-0.4, -0.2) is 10.5 Å². The Morgan fingerprint density at radius 3 is 2.55 bits per heavy atom. The zero-order chi connectivity index (χ0) is 15.7. The Kier molecular flexibility index (Phi) is 3.55. The number of fused-ring (bicyclic) bond motifs is 1. The minimum Gasteiger partial charge on any atom is -0.408 e. The Morgan fingerprint density at radius 2 is 1.82 bits per heavy atom. The molecule has 0 unspecified atom stereocenters. The first kappa shape index (κ1) is 14.1. The average Bonchev–Trinajstić information content (AvgIpc) is 2.74. The van der Waals surface area contributed by atoms with E-state index in [4.69, 9.17) is 4.42 Å². The highest BCUT2D eigenvalue weighted by Crippen LogP contribution is 2.15. The molecule has 3 rings (SSSR count). The number of para-hydroxylation sites is 2. The van der Waals surface area contributed by atoms with E-state index in [0.717, 1.165) is 16.8 Å². The number of anilines is 1. The fourth-order valence-corrected chi connectivity index (χ4v) is 2.55. The summed E-state index contributed by atoms with van der Waals surface area (Å²) in [7, 11) is 0. The Labute approximate surface area is 127 Å². The molecule has 2 aromatic carbocycles. The molecule has 1 amide bonds. The van der Waals surface area contributed by atoms with E-state index in [0.29, 0.717) is 11.1 Å². The van der Waals surface area contributed by atoms with Crippen molar-refractivity contribution in [1.29, 1.82) is 0 Å². The van der Waals surface area contributed by atoms with Gasteiger partial charge in [0.25, 0.3) is 0 Å². The van der Waals surface area contributed by atoms with E-state index >= 15 is 0 Å². The van der Waals surface area contributed by atoms with Gasteiger partial charge in [-0.2, -0.15) is 0 Å². The van der Waals surface area contributed by atoms with Crippen molar-refractivity contribution in [2.75, 3.05) is 5.32 Å². The fourth-order valence-electron chi connectivity index (χ4n) is 2.55. The lowest BCUT2D eigenvalue weighted by Gasteiger charge is -2.08. The van der Waals surface area contributed by atoms with Gasteiger partial charge in [-0.1, -0.05) is 18.2 Å². The molecule has 5 heteroatoms. The monoisotopic (exact) mass is 296 g/mol. The van der Waals surface area contributed by atoms with Gasteiger partial charge >= 0.3 is 5.76 Å². The number of rotatable bonds is 3. The molecule has 0 spiro atoms. The summed E-state index contributed by atoms with van der Waals surface area (Å²) in [6.45, 7) is 3.86. The first-order valence-electron chi connectivity index (χ1n) is 6.99. The molecule has 0 atom stereocenters. The van der Waals surface area contributed by atoms with Gasteiger partial charge in [-0.15, -0.1) is 0 Å². The van der Waals surface area contributed by atoms with Crippen LogP contribution in [0.2, 0.25) is 0 Å². The second-order valence-electron chi connectivity index (χ2n) is 5.35. The molecular weight excluding hydrogens is 280 g/mol. The van der Waals surface area contributed by atoms with Crippen molar-refractivity contribution >= 4 is 22.7 Å². The number of amides is 1. The van der Waals surface area contributed by atoms with E-state index in [2.05, 4.69) is 5.32 Å². The number of carbonyl (C=O) groups excluding carboxylic acids is 1.